The van der Waals surface area contributed by atoms with E-state index in [-0.39, 0.29) is 0 Å². The average molecular weight is 245 g/mol. The SMILES string of the molecule is Cc1ccc(NC(=O)Nc2cccc(F)c2)cn1. The van der Waals surface area contributed by atoms with Gasteiger partial charge >= 0.3 is 6.03 Å². The lowest BCUT2D eigenvalue weighted by Gasteiger charge is -2.07. The molecule has 0 aliphatic heterocycles. The number of nitrogens with zero attached hydrogens (tertiary/aromatic N) is 1. The van der Waals surface area contributed by atoms with Crippen molar-refractivity contribution >= 4 is 17.4 Å². The Labute approximate surface area is 104 Å². The molecule has 2 rings (SSSR count). The van der Waals surface area contributed by atoms with Crippen molar-refractivity contribution in [2.24, 2.45) is 0 Å². The van der Waals surface area contributed by atoms with Gasteiger partial charge in [0.05, 0.1) is 11.9 Å². The maximum atomic E-state index is 12.9. The summed E-state index contributed by atoms with van der Waals surface area (Å²) < 4.78 is 12.9. The molecule has 2 N–H and O–H groups in total. The highest BCUT2D eigenvalue weighted by Gasteiger charge is 2.03. The number of rotatable bonds is 2. The number of pyridine rings is 1. The number of halogens is 1. The van der Waals surface area contributed by atoms with Crippen molar-refractivity contribution in [3.05, 3.63) is 54.1 Å². The highest BCUT2D eigenvalue weighted by molar-refractivity contribution is 5.99. The number of aryl methyl sites for hydroxylation is 1. The molecule has 5 heteroatoms. The van der Waals surface area contributed by atoms with Crippen LogP contribution in [0.25, 0.3) is 0 Å². The van der Waals surface area contributed by atoms with Gasteiger partial charge in [-0.2, -0.15) is 0 Å². The minimum absolute atomic E-state index is 0.396. The second-order valence-electron chi connectivity index (χ2n) is 3.78. The standard InChI is InChI=1S/C13H12FN3O/c1-9-5-6-12(8-15-9)17-13(18)16-11-4-2-3-10(14)7-11/h2-8H,1H3,(H2,16,17,18). The minimum Gasteiger partial charge on any atom is -0.308 e. The first kappa shape index (κ1) is 12.0. The highest BCUT2D eigenvalue weighted by Crippen LogP contribution is 2.10. The average Bonchev–Trinajstić information content (AvgIpc) is 2.32. The van der Waals surface area contributed by atoms with Crippen molar-refractivity contribution in [3.8, 4) is 0 Å². The van der Waals surface area contributed by atoms with Gasteiger partial charge in [0.1, 0.15) is 5.82 Å². The number of hydrogen-bond donors (Lipinski definition) is 2. The zero-order chi connectivity index (χ0) is 13.0. The second-order valence-corrected chi connectivity index (χ2v) is 3.78. The van der Waals surface area contributed by atoms with E-state index in [1.54, 1.807) is 24.4 Å². The number of anilines is 2. The molecule has 0 saturated carbocycles. The maximum Gasteiger partial charge on any atom is 0.323 e. The summed E-state index contributed by atoms with van der Waals surface area (Å²) in [6, 6.07) is 8.78. The van der Waals surface area contributed by atoms with E-state index in [1.165, 1.54) is 18.2 Å². The molecule has 2 aromatic rings. The third kappa shape index (κ3) is 3.28. The van der Waals surface area contributed by atoms with E-state index in [4.69, 9.17) is 0 Å². The Kier molecular flexibility index (Phi) is 3.52. The Morgan fingerprint density at radius 2 is 1.94 bits per heavy atom. The number of carbonyl (C=O) groups excluding carboxylic acids is 1. The molecule has 0 saturated heterocycles. The number of hydrogen-bond acceptors (Lipinski definition) is 2. The molecule has 4 nitrogen and oxygen atoms in total. The summed E-state index contributed by atoms with van der Waals surface area (Å²) in [5, 5.41) is 5.13. The summed E-state index contributed by atoms with van der Waals surface area (Å²) >= 11 is 0. The first-order valence-electron chi connectivity index (χ1n) is 5.40. The lowest BCUT2D eigenvalue weighted by atomic mass is 10.3. The number of urea groups is 1. The van der Waals surface area contributed by atoms with E-state index in [0.717, 1.165) is 5.69 Å². The van der Waals surface area contributed by atoms with E-state index in [2.05, 4.69) is 15.6 Å². The quantitative estimate of drug-likeness (QED) is 0.853. The fourth-order valence-electron chi connectivity index (χ4n) is 1.40. The molecule has 0 bridgehead atoms. The number of amides is 2. The molecule has 2 amide bonds. The van der Waals surface area contributed by atoms with Crippen molar-refractivity contribution in [2.75, 3.05) is 10.6 Å². The Morgan fingerprint density at radius 3 is 2.61 bits per heavy atom. The monoisotopic (exact) mass is 245 g/mol. The predicted octanol–water partition coefficient (Wildman–Crippen LogP) is 3.17. The van der Waals surface area contributed by atoms with Crippen LogP contribution in [0.15, 0.2) is 42.6 Å². The topological polar surface area (TPSA) is 54.0 Å². The van der Waals surface area contributed by atoms with Gasteiger partial charge in [0, 0.05) is 11.4 Å². The van der Waals surface area contributed by atoms with Crippen LogP contribution in [-0.4, -0.2) is 11.0 Å². The molecule has 0 aliphatic carbocycles. The van der Waals surface area contributed by atoms with Crippen LogP contribution in [0.3, 0.4) is 0 Å². The normalized spacial score (nSPS) is 9.89. The fourth-order valence-corrected chi connectivity index (χ4v) is 1.40. The van der Waals surface area contributed by atoms with Gasteiger partial charge < -0.3 is 10.6 Å². The van der Waals surface area contributed by atoms with Crippen LogP contribution in [0.1, 0.15) is 5.69 Å². The van der Waals surface area contributed by atoms with Crippen LogP contribution in [0.4, 0.5) is 20.6 Å². The fraction of sp³-hybridized carbons (Fsp3) is 0.0769. The Morgan fingerprint density at radius 1 is 1.17 bits per heavy atom. The van der Waals surface area contributed by atoms with Crippen LogP contribution in [0.2, 0.25) is 0 Å². The van der Waals surface area contributed by atoms with Crippen LogP contribution >= 0.6 is 0 Å². The van der Waals surface area contributed by atoms with Gasteiger partial charge in [-0.15, -0.1) is 0 Å². The molecule has 1 aromatic carbocycles. The zero-order valence-electron chi connectivity index (χ0n) is 9.77. The first-order valence-corrected chi connectivity index (χ1v) is 5.40. The van der Waals surface area contributed by atoms with E-state index in [0.29, 0.717) is 11.4 Å². The third-order valence-electron chi connectivity index (χ3n) is 2.25. The van der Waals surface area contributed by atoms with Crippen LogP contribution in [-0.2, 0) is 0 Å². The summed E-state index contributed by atoms with van der Waals surface area (Å²) in [6.45, 7) is 1.86. The van der Waals surface area contributed by atoms with Crippen LogP contribution < -0.4 is 10.6 Å². The van der Waals surface area contributed by atoms with Crippen molar-refractivity contribution < 1.29 is 9.18 Å². The molecule has 1 aromatic heterocycles. The van der Waals surface area contributed by atoms with Crippen LogP contribution in [0, 0.1) is 12.7 Å². The predicted molar refractivity (Wildman–Crippen MR) is 68.0 cm³/mol. The molecule has 1 heterocycles. The van der Waals surface area contributed by atoms with Gasteiger partial charge in [0.25, 0.3) is 0 Å². The lowest BCUT2D eigenvalue weighted by Crippen LogP contribution is -2.19. The molecule has 0 radical (unpaired) electrons. The van der Waals surface area contributed by atoms with Gasteiger partial charge in [-0.05, 0) is 37.3 Å². The van der Waals surface area contributed by atoms with Gasteiger partial charge in [-0.3, -0.25) is 4.98 Å². The van der Waals surface area contributed by atoms with Gasteiger partial charge in [0.15, 0.2) is 0 Å². The summed E-state index contributed by atoms with van der Waals surface area (Å²) in [6.07, 6.45) is 1.56. The largest absolute Gasteiger partial charge is 0.323 e. The molecule has 0 fully saturated rings. The molecular formula is C13H12FN3O. The first-order chi connectivity index (χ1) is 8.63. The molecule has 0 spiro atoms. The van der Waals surface area contributed by atoms with Crippen molar-refractivity contribution in [1.82, 2.24) is 4.98 Å². The third-order valence-corrected chi connectivity index (χ3v) is 2.25. The van der Waals surface area contributed by atoms with E-state index in [1.807, 2.05) is 6.92 Å². The Bertz CT molecular complexity index is 554. The Hall–Kier alpha value is -2.43. The number of benzene rings is 1. The van der Waals surface area contributed by atoms with E-state index >= 15 is 0 Å². The van der Waals surface area contributed by atoms with Crippen molar-refractivity contribution in [1.29, 1.82) is 0 Å². The summed E-state index contributed by atoms with van der Waals surface area (Å²) in [5.41, 5.74) is 1.84. The van der Waals surface area contributed by atoms with E-state index in [9.17, 15) is 9.18 Å². The molecular weight excluding hydrogens is 233 g/mol. The van der Waals surface area contributed by atoms with Crippen molar-refractivity contribution in [3.63, 3.8) is 0 Å². The van der Waals surface area contributed by atoms with Crippen LogP contribution in [0.5, 0.6) is 0 Å². The summed E-state index contributed by atoms with van der Waals surface area (Å²) in [7, 11) is 0. The molecule has 0 atom stereocenters. The zero-order valence-corrected chi connectivity index (χ0v) is 9.77. The summed E-state index contributed by atoms with van der Waals surface area (Å²) in [5.74, 6) is -0.398. The van der Waals surface area contributed by atoms with Gasteiger partial charge in [-0.25, -0.2) is 9.18 Å². The lowest BCUT2D eigenvalue weighted by molar-refractivity contribution is 0.262. The smallest absolute Gasteiger partial charge is 0.308 e. The maximum absolute atomic E-state index is 12.9. The van der Waals surface area contributed by atoms with Gasteiger partial charge in [0.2, 0.25) is 0 Å². The Balaban J connectivity index is 1.98. The second kappa shape index (κ2) is 5.27. The molecule has 0 unspecified atom stereocenters. The minimum atomic E-state index is -0.439. The highest BCUT2D eigenvalue weighted by atomic mass is 19.1. The van der Waals surface area contributed by atoms with Gasteiger partial charge in [-0.1, -0.05) is 6.07 Å². The van der Waals surface area contributed by atoms with E-state index < -0.39 is 11.8 Å². The molecule has 18 heavy (non-hydrogen) atoms. The number of nitrogens with one attached hydrogen (secondary N) is 2. The van der Waals surface area contributed by atoms with Crippen molar-refractivity contribution in [2.45, 2.75) is 6.92 Å². The summed E-state index contributed by atoms with van der Waals surface area (Å²) in [4.78, 5) is 15.7. The number of carbonyl (C=O) groups is 1. The molecule has 92 valence electrons. The number of aromatic nitrogens is 1. The molecule has 0 aliphatic rings.